The lowest BCUT2D eigenvalue weighted by Crippen LogP contribution is -2.42. The predicted octanol–water partition coefficient (Wildman–Crippen LogP) is 3.01. The molecule has 0 amide bonds. The minimum Gasteiger partial charge on any atom is -0.545 e. The van der Waals surface area contributed by atoms with E-state index in [2.05, 4.69) is 15.9 Å². The molecule has 0 N–H and O–H groups in total. The van der Waals surface area contributed by atoms with Gasteiger partial charge in [0, 0.05) is 19.2 Å². The van der Waals surface area contributed by atoms with Crippen LogP contribution in [0.3, 0.4) is 0 Å². The number of benzene rings is 1. The number of hydrogen-bond acceptors (Lipinski definition) is 6. The quantitative estimate of drug-likeness (QED) is 0.325. The van der Waals surface area contributed by atoms with Gasteiger partial charge in [-0.3, -0.25) is 5.01 Å². The third-order valence-corrected chi connectivity index (χ3v) is 5.15. The summed E-state index contributed by atoms with van der Waals surface area (Å²) in [6.07, 6.45) is -4.35. The first-order valence-corrected chi connectivity index (χ1v) is 9.54. The van der Waals surface area contributed by atoms with E-state index in [1.807, 2.05) is 6.92 Å². The Balaban J connectivity index is 2.34. The Morgan fingerprint density at radius 2 is 2.00 bits per heavy atom. The van der Waals surface area contributed by atoms with Crippen molar-refractivity contribution in [3.63, 3.8) is 0 Å². The number of carboxylic acid groups (broad SMARTS) is 1. The number of carbonyl (C=O) groups excluding carboxylic acids is 1. The number of aliphatic carboxylic acids is 1. The number of hydrazine groups is 1. The molecule has 10 heteroatoms. The molecule has 6 nitrogen and oxygen atoms in total. The summed E-state index contributed by atoms with van der Waals surface area (Å²) >= 11 is 3.04. The third kappa shape index (κ3) is 5.12. The smallest absolute Gasteiger partial charge is 0.419 e. The molecule has 1 heterocycles. The molecule has 0 radical (unpaired) electrons. The van der Waals surface area contributed by atoms with Crippen molar-refractivity contribution in [3.8, 4) is 0 Å². The molecule has 0 aliphatic carbocycles. The Labute approximate surface area is 175 Å². The van der Waals surface area contributed by atoms with Gasteiger partial charge in [0.05, 0.1) is 25.9 Å². The molecule has 0 saturated carbocycles. The van der Waals surface area contributed by atoms with Crippen LogP contribution in [0, 0.1) is 0 Å². The van der Waals surface area contributed by atoms with E-state index in [4.69, 9.17) is 9.47 Å². The highest BCUT2D eigenvalue weighted by Crippen LogP contribution is 2.42. The first-order chi connectivity index (χ1) is 13.6. The monoisotopic (exact) mass is 477 g/mol. The lowest BCUT2D eigenvalue weighted by atomic mass is 10.0. The molecule has 29 heavy (non-hydrogen) atoms. The molecular weight excluding hydrogens is 457 g/mol. The Bertz CT molecular complexity index is 811. The SMILES string of the molecule is CCCN1C(Br)=C(C(F)(F)F)C(OCc2ccccc2/C(=C\OC)C(=O)[O-])N1C. The number of likely N-dealkylation sites (N-methyl/N-ethyl adjacent to an activating group) is 1. The van der Waals surface area contributed by atoms with Crippen LogP contribution in [-0.4, -0.2) is 49.1 Å². The number of carboxylic acids is 1. The molecule has 0 spiro atoms. The molecule has 160 valence electrons. The molecular formula is C19H21BrF3N2O4-. The number of rotatable bonds is 8. The number of hydrogen-bond donors (Lipinski definition) is 0. The zero-order chi connectivity index (χ0) is 21.8. The van der Waals surface area contributed by atoms with Crippen molar-refractivity contribution in [1.82, 2.24) is 10.0 Å². The summed E-state index contributed by atoms with van der Waals surface area (Å²) in [7, 11) is 2.79. The zero-order valence-electron chi connectivity index (χ0n) is 16.1. The van der Waals surface area contributed by atoms with Crippen LogP contribution in [-0.2, 0) is 20.9 Å². The first kappa shape index (κ1) is 23.2. The van der Waals surface area contributed by atoms with Crippen molar-refractivity contribution >= 4 is 27.5 Å². The van der Waals surface area contributed by atoms with E-state index >= 15 is 0 Å². The third-order valence-electron chi connectivity index (χ3n) is 4.32. The largest absolute Gasteiger partial charge is 0.545 e. The van der Waals surface area contributed by atoms with E-state index in [0.29, 0.717) is 18.5 Å². The van der Waals surface area contributed by atoms with Gasteiger partial charge in [0.15, 0.2) is 6.23 Å². The maximum Gasteiger partial charge on any atom is 0.419 e. The summed E-state index contributed by atoms with van der Waals surface area (Å²) in [6.45, 7) is 1.98. The zero-order valence-corrected chi connectivity index (χ0v) is 17.7. The van der Waals surface area contributed by atoms with Crippen molar-refractivity contribution in [3.05, 3.63) is 51.8 Å². The molecule has 2 rings (SSSR count). The molecule has 1 atom stereocenters. The molecule has 1 aliphatic rings. The van der Waals surface area contributed by atoms with Gasteiger partial charge in [-0.25, -0.2) is 0 Å². The van der Waals surface area contributed by atoms with Gasteiger partial charge in [-0.15, -0.1) is 0 Å². The lowest BCUT2D eigenvalue weighted by molar-refractivity contribution is -0.295. The number of methoxy groups -OCH3 is 1. The second-order valence-electron chi connectivity index (χ2n) is 6.27. The minimum absolute atomic E-state index is 0.0951. The van der Waals surface area contributed by atoms with E-state index in [-0.39, 0.29) is 22.3 Å². The van der Waals surface area contributed by atoms with Crippen molar-refractivity contribution in [2.75, 3.05) is 20.7 Å². The summed E-state index contributed by atoms with van der Waals surface area (Å²) < 4.78 is 51.3. The van der Waals surface area contributed by atoms with Crippen LogP contribution in [0.25, 0.3) is 5.57 Å². The Hall–Kier alpha value is -2.04. The maximum atomic E-state index is 13.7. The summed E-state index contributed by atoms with van der Waals surface area (Å²) in [5, 5.41) is 14.2. The highest BCUT2D eigenvalue weighted by Gasteiger charge is 2.49. The summed E-state index contributed by atoms with van der Waals surface area (Å²) in [4.78, 5) is 11.4. The Kier molecular flexibility index (Phi) is 7.73. The number of carbonyl (C=O) groups is 1. The predicted molar refractivity (Wildman–Crippen MR) is 102 cm³/mol. The van der Waals surface area contributed by atoms with Crippen LogP contribution in [0.4, 0.5) is 13.2 Å². The van der Waals surface area contributed by atoms with Crippen molar-refractivity contribution in [2.45, 2.75) is 32.4 Å². The lowest BCUT2D eigenvalue weighted by Gasteiger charge is -2.31. The summed E-state index contributed by atoms with van der Waals surface area (Å²) in [6, 6.07) is 6.33. The van der Waals surface area contributed by atoms with E-state index < -0.39 is 23.9 Å². The van der Waals surface area contributed by atoms with E-state index in [1.54, 1.807) is 18.2 Å². The van der Waals surface area contributed by atoms with Gasteiger partial charge in [0.2, 0.25) is 0 Å². The number of halogens is 4. The van der Waals surface area contributed by atoms with Crippen molar-refractivity contribution < 1.29 is 32.5 Å². The van der Waals surface area contributed by atoms with Gasteiger partial charge < -0.3 is 19.4 Å². The van der Waals surface area contributed by atoms with Gasteiger partial charge in [-0.2, -0.15) is 18.2 Å². The highest BCUT2D eigenvalue weighted by atomic mass is 79.9. The van der Waals surface area contributed by atoms with Gasteiger partial charge in [0.1, 0.15) is 10.2 Å². The average molecular weight is 478 g/mol. The van der Waals surface area contributed by atoms with E-state index in [0.717, 1.165) is 6.26 Å². The first-order valence-electron chi connectivity index (χ1n) is 8.74. The van der Waals surface area contributed by atoms with Gasteiger partial charge in [-0.1, -0.05) is 31.2 Å². The average Bonchev–Trinajstić information content (AvgIpc) is 2.89. The topological polar surface area (TPSA) is 65.1 Å². The fourth-order valence-corrected chi connectivity index (χ4v) is 3.87. The van der Waals surface area contributed by atoms with Crippen LogP contribution in [0.2, 0.25) is 0 Å². The maximum absolute atomic E-state index is 13.7. The van der Waals surface area contributed by atoms with E-state index in [9.17, 15) is 23.1 Å². The van der Waals surface area contributed by atoms with Gasteiger partial charge in [0.25, 0.3) is 0 Å². The van der Waals surface area contributed by atoms with Gasteiger partial charge >= 0.3 is 6.18 Å². The molecule has 0 fully saturated rings. The van der Waals surface area contributed by atoms with Crippen molar-refractivity contribution in [1.29, 1.82) is 0 Å². The number of alkyl halides is 3. The standard InChI is InChI=1S/C19H22BrF3N2O4/c1-4-9-25-16(20)15(19(21,22)23)17(24(25)2)29-10-12-7-5-6-8-13(12)14(11-28-3)18(26)27/h5-8,11,17H,4,9-10H2,1-3H3,(H,26,27)/p-1/b14-11+. The van der Waals surface area contributed by atoms with Crippen LogP contribution >= 0.6 is 15.9 Å². The molecule has 1 aromatic carbocycles. The van der Waals surface area contributed by atoms with E-state index in [1.165, 1.54) is 30.2 Å². The second-order valence-corrected chi connectivity index (χ2v) is 7.03. The summed E-state index contributed by atoms with van der Waals surface area (Å²) in [5.74, 6) is -1.47. The van der Waals surface area contributed by atoms with Crippen LogP contribution in [0.15, 0.2) is 40.7 Å². The molecule has 1 aliphatic heterocycles. The number of ether oxygens (including phenoxy) is 2. The fraction of sp³-hybridized carbons (Fsp3) is 0.421. The highest BCUT2D eigenvalue weighted by molar-refractivity contribution is 9.11. The second kappa shape index (κ2) is 9.64. The number of nitrogens with zero attached hydrogens (tertiary/aromatic N) is 2. The fourth-order valence-electron chi connectivity index (χ4n) is 3.03. The summed E-state index contributed by atoms with van der Waals surface area (Å²) in [5.41, 5.74) is -0.442. The van der Waals surface area contributed by atoms with Crippen LogP contribution < -0.4 is 5.11 Å². The van der Waals surface area contributed by atoms with Crippen LogP contribution in [0.5, 0.6) is 0 Å². The molecule has 0 aromatic heterocycles. The van der Waals surface area contributed by atoms with Crippen LogP contribution in [0.1, 0.15) is 24.5 Å². The Morgan fingerprint density at radius 3 is 2.55 bits per heavy atom. The normalized spacial score (nSPS) is 18.5. The van der Waals surface area contributed by atoms with Gasteiger partial charge in [-0.05, 0) is 33.5 Å². The van der Waals surface area contributed by atoms with Crippen molar-refractivity contribution in [2.24, 2.45) is 0 Å². The molecule has 1 aromatic rings. The minimum atomic E-state index is -4.61. The molecule has 0 bridgehead atoms. The molecule has 1 unspecified atom stereocenters. The molecule has 0 saturated heterocycles. The Morgan fingerprint density at radius 1 is 1.34 bits per heavy atom.